The molecule has 3 aliphatic rings. The van der Waals surface area contributed by atoms with Crippen LogP contribution in [-0.4, -0.2) is 90.6 Å². The second kappa shape index (κ2) is 9.50. The lowest BCUT2D eigenvalue weighted by Gasteiger charge is -2.43. The summed E-state index contributed by atoms with van der Waals surface area (Å²) in [6, 6.07) is 0.117. The van der Waals surface area contributed by atoms with Gasteiger partial charge in [-0.2, -0.15) is 0 Å². The Labute approximate surface area is 161 Å². The summed E-state index contributed by atoms with van der Waals surface area (Å²) in [4.78, 5) is 42.7. The molecule has 8 heteroatoms. The van der Waals surface area contributed by atoms with Crippen molar-refractivity contribution in [2.45, 2.75) is 57.5 Å². The molecule has 3 rings (SSSR count). The Balaban J connectivity index is 1.55. The van der Waals surface area contributed by atoms with E-state index in [0.29, 0.717) is 32.1 Å². The zero-order chi connectivity index (χ0) is 19.2. The van der Waals surface area contributed by atoms with Crippen LogP contribution < -0.4 is 5.32 Å². The van der Waals surface area contributed by atoms with E-state index >= 15 is 0 Å². The topological polar surface area (TPSA) is 82.2 Å². The van der Waals surface area contributed by atoms with E-state index in [1.165, 1.54) is 17.7 Å². The summed E-state index contributed by atoms with van der Waals surface area (Å²) in [6.45, 7) is 7.45. The molecule has 3 aliphatic heterocycles. The molecular weight excluding hydrogens is 348 g/mol. The molecule has 0 aromatic rings. The standard InChI is InChI=1S/C19H32N4O4/c1-2-17(24)27-19(26)23-10-4-3-5-16(23)18(25)22-13-11-21(12-14-22)15-6-8-20-9-7-15/h15-16,20H,2-14H2,1H3. The van der Waals surface area contributed by atoms with Crippen molar-refractivity contribution in [2.24, 2.45) is 0 Å². The normalized spacial score (nSPS) is 25.3. The molecule has 0 radical (unpaired) electrons. The number of ether oxygens (including phenoxy) is 1. The summed E-state index contributed by atoms with van der Waals surface area (Å²) in [5.41, 5.74) is 0. The fraction of sp³-hybridized carbons (Fsp3) is 0.842. The number of carbonyl (C=O) groups is 3. The van der Waals surface area contributed by atoms with E-state index in [1.807, 2.05) is 4.90 Å². The molecule has 0 bridgehead atoms. The van der Waals surface area contributed by atoms with Crippen molar-refractivity contribution in [2.75, 3.05) is 45.8 Å². The number of carbonyl (C=O) groups excluding carboxylic acids is 3. The third kappa shape index (κ3) is 4.99. The Bertz CT molecular complexity index is 542. The lowest BCUT2D eigenvalue weighted by molar-refractivity contribution is -0.143. The first-order chi connectivity index (χ1) is 13.1. The van der Waals surface area contributed by atoms with Crippen LogP contribution in [0, 0.1) is 0 Å². The minimum absolute atomic E-state index is 0.000517. The van der Waals surface area contributed by atoms with E-state index in [0.717, 1.165) is 39.0 Å². The van der Waals surface area contributed by atoms with Crippen LogP contribution in [-0.2, 0) is 14.3 Å². The molecule has 27 heavy (non-hydrogen) atoms. The van der Waals surface area contributed by atoms with Crippen molar-refractivity contribution < 1.29 is 19.1 Å². The van der Waals surface area contributed by atoms with Crippen LogP contribution in [0.2, 0.25) is 0 Å². The molecule has 1 unspecified atom stereocenters. The fourth-order valence-electron chi connectivity index (χ4n) is 4.33. The van der Waals surface area contributed by atoms with Crippen LogP contribution in [0.15, 0.2) is 0 Å². The first-order valence-electron chi connectivity index (χ1n) is 10.3. The maximum Gasteiger partial charge on any atom is 0.418 e. The molecule has 1 atom stereocenters. The number of amides is 2. The highest BCUT2D eigenvalue weighted by Gasteiger charge is 2.37. The second-order valence-corrected chi connectivity index (χ2v) is 7.64. The molecule has 0 aromatic heterocycles. The van der Waals surface area contributed by atoms with Crippen molar-refractivity contribution in [3.05, 3.63) is 0 Å². The van der Waals surface area contributed by atoms with Gasteiger partial charge in [0.2, 0.25) is 5.91 Å². The van der Waals surface area contributed by atoms with Gasteiger partial charge in [-0.1, -0.05) is 6.92 Å². The van der Waals surface area contributed by atoms with Gasteiger partial charge in [-0.05, 0) is 45.2 Å². The SMILES string of the molecule is CCC(=O)OC(=O)N1CCCCC1C(=O)N1CCN(C2CCNCC2)CC1. The van der Waals surface area contributed by atoms with E-state index in [-0.39, 0.29) is 12.3 Å². The molecule has 3 heterocycles. The van der Waals surface area contributed by atoms with E-state index < -0.39 is 18.1 Å². The van der Waals surface area contributed by atoms with Crippen LogP contribution in [0.1, 0.15) is 45.4 Å². The molecule has 0 aromatic carbocycles. The maximum atomic E-state index is 13.1. The molecule has 3 saturated heterocycles. The van der Waals surface area contributed by atoms with Crippen molar-refractivity contribution in [1.82, 2.24) is 20.0 Å². The number of piperidine rings is 2. The molecule has 152 valence electrons. The summed E-state index contributed by atoms with van der Waals surface area (Å²) in [7, 11) is 0. The van der Waals surface area contributed by atoms with E-state index in [9.17, 15) is 14.4 Å². The second-order valence-electron chi connectivity index (χ2n) is 7.64. The summed E-state index contributed by atoms with van der Waals surface area (Å²) in [5.74, 6) is -0.548. The highest BCUT2D eigenvalue weighted by Crippen LogP contribution is 2.22. The molecule has 8 nitrogen and oxygen atoms in total. The Morgan fingerprint density at radius 1 is 0.963 bits per heavy atom. The number of hydrogen-bond donors (Lipinski definition) is 1. The first kappa shape index (κ1) is 20.1. The van der Waals surface area contributed by atoms with Gasteiger partial charge >= 0.3 is 12.1 Å². The Hall–Kier alpha value is -1.67. The summed E-state index contributed by atoms with van der Waals surface area (Å²) >= 11 is 0. The highest BCUT2D eigenvalue weighted by atomic mass is 16.6. The van der Waals surface area contributed by atoms with Crippen LogP contribution in [0.4, 0.5) is 4.79 Å². The molecule has 1 N–H and O–H groups in total. The van der Waals surface area contributed by atoms with Crippen molar-refractivity contribution in [3.8, 4) is 0 Å². The monoisotopic (exact) mass is 380 g/mol. The van der Waals surface area contributed by atoms with Gasteiger partial charge in [0.1, 0.15) is 6.04 Å². The lowest BCUT2D eigenvalue weighted by atomic mass is 10.0. The average molecular weight is 380 g/mol. The number of nitrogens with zero attached hydrogens (tertiary/aromatic N) is 3. The van der Waals surface area contributed by atoms with E-state index in [4.69, 9.17) is 4.74 Å². The number of hydrogen-bond acceptors (Lipinski definition) is 6. The van der Waals surface area contributed by atoms with Gasteiger partial charge in [-0.25, -0.2) is 4.79 Å². The average Bonchev–Trinajstić information content (AvgIpc) is 2.73. The molecule has 0 saturated carbocycles. The highest BCUT2D eigenvalue weighted by molar-refractivity contribution is 5.89. The molecule has 0 aliphatic carbocycles. The maximum absolute atomic E-state index is 13.1. The Morgan fingerprint density at radius 2 is 1.67 bits per heavy atom. The number of likely N-dealkylation sites (tertiary alicyclic amines) is 1. The zero-order valence-electron chi connectivity index (χ0n) is 16.3. The van der Waals surface area contributed by atoms with Gasteiger partial charge in [0, 0.05) is 45.2 Å². The number of nitrogens with one attached hydrogen (secondary N) is 1. The number of rotatable bonds is 3. The van der Waals surface area contributed by atoms with Crippen LogP contribution >= 0.6 is 0 Å². The predicted octanol–water partition coefficient (Wildman–Crippen LogP) is 0.810. The Kier molecular flexibility index (Phi) is 7.07. The minimum Gasteiger partial charge on any atom is -0.376 e. The largest absolute Gasteiger partial charge is 0.418 e. The third-order valence-electron chi connectivity index (χ3n) is 5.96. The van der Waals surface area contributed by atoms with Crippen molar-refractivity contribution in [1.29, 1.82) is 0 Å². The number of esters is 1. The van der Waals surface area contributed by atoms with Crippen molar-refractivity contribution >= 4 is 18.0 Å². The quantitative estimate of drug-likeness (QED) is 0.576. The van der Waals surface area contributed by atoms with Gasteiger partial charge in [0.15, 0.2) is 0 Å². The van der Waals surface area contributed by atoms with E-state index in [2.05, 4.69) is 10.2 Å². The smallest absolute Gasteiger partial charge is 0.376 e. The fourth-order valence-corrected chi connectivity index (χ4v) is 4.33. The molecule has 0 spiro atoms. The van der Waals surface area contributed by atoms with Crippen LogP contribution in [0.3, 0.4) is 0 Å². The minimum atomic E-state index is -0.673. The third-order valence-corrected chi connectivity index (χ3v) is 5.96. The summed E-state index contributed by atoms with van der Waals surface area (Å²) in [6.07, 6.45) is 4.20. The Morgan fingerprint density at radius 3 is 2.33 bits per heavy atom. The van der Waals surface area contributed by atoms with Gasteiger partial charge < -0.3 is 15.0 Å². The molecule has 2 amide bonds. The summed E-state index contributed by atoms with van der Waals surface area (Å²) < 4.78 is 4.87. The zero-order valence-corrected chi connectivity index (χ0v) is 16.3. The van der Waals surface area contributed by atoms with Gasteiger partial charge in [-0.15, -0.1) is 0 Å². The number of piperazine rings is 1. The molecule has 3 fully saturated rings. The van der Waals surface area contributed by atoms with Crippen molar-refractivity contribution in [3.63, 3.8) is 0 Å². The predicted molar refractivity (Wildman–Crippen MR) is 100 cm³/mol. The first-order valence-corrected chi connectivity index (χ1v) is 10.3. The van der Waals surface area contributed by atoms with Crippen LogP contribution in [0.5, 0.6) is 0 Å². The lowest BCUT2D eigenvalue weighted by Crippen LogP contribution is -2.59. The summed E-state index contributed by atoms with van der Waals surface area (Å²) in [5, 5.41) is 3.39. The molecular formula is C19H32N4O4. The van der Waals surface area contributed by atoms with Crippen LogP contribution in [0.25, 0.3) is 0 Å². The van der Waals surface area contributed by atoms with Gasteiger partial charge in [-0.3, -0.25) is 19.4 Å². The van der Waals surface area contributed by atoms with Gasteiger partial charge in [0.25, 0.3) is 0 Å². The van der Waals surface area contributed by atoms with Gasteiger partial charge in [0.05, 0.1) is 0 Å². The van der Waals surface area contributed by atoms with E-state index in [1.54, 1.807) is 6.92 Å².